The maximum absolute atomic E-state index is 14.4. The number of nitrogens with zero attached hydrogens (tertiary/aromatic N) is 2. The molecule has 5 rings (SSSR count). The summed E-state index contributed by atoms with van der Waals surface area (Å²) in [5, 5.41) is 13.4. The summed E-state index contributed by atoms with van der Waals surface area (Å²) in [6.45, 7) is 8.90. The van der Waals surface area contributed by atoms with Gasteiger partial charge in [0.25, 0.3) is 5.91 Å². The van der Waals surface area contributed by atoms with E-state index in [-0.39, 0.29) is 32.0 Å². The highest BCUT2D eigenvalue weighted by atomic mass is 35.5. The molecule has 1 spiro atoms. The molecule has 3 saturated heterocycles. The van der Waals surface area contributed by atoms with Gasteiger partial charge >= 0.3 is 5.97 Å². The number of β-amino-alcohol motifs (C(OH)–C–C–N with tert-alkyl or cyclic N) is 1. The number of amides is 3. The van der Waals surface area contributed by atoms with Crippen LogP contribution in [-0.4, -0.2) is 77.2 Å². The van der Waals surface area contributed by atoms with Gasteiger partial charge in [0.2, 0.25) is 11.8 Å². The normalized spacial score (nSPS) is 25.8. The maximum Gasteiger partial charge on any atom is 0.313 e. The molecule has 7 atom stereocenters. The Kier molecular flexibility index (Phi) is 10.3. The third-order valence-corrected chi connectivity index (χ3v) is 9.40. The van der Waals surface area contributed by atoms with Crippen molar-refractivity contribution in [2.75, 3.05) is 24.6 Å². The number of hydrogen-bond donors (Lipinski definition) is 2. The van der Waals surface area contributed by atoms with Crippen LogP contribution >= 0.6 is 11.6 Å². The number of anilines is 1. The van der Waals surface area contributed by atoms with Gasteiger partial charge in [-0.2, -0.15) is 0 Å². The number of hydrogen-bond acceptors (Lipinski definition) is 7. The highest BCUT2D eigenvalue weighted by Gasteiger charge is 2.75. The van der Waals surface area contributed by atoms with Gasteiger partial charge in [0.15, 0.2) is 0 Å². The molecule has 10 nitrogen and oxygen atoms in total. The Labute approximate surface area is 274 Å². The van der Waals surface area contributed by atoms with Gasteiger partial charge < -0.3 is 29.7 Å². The van der Waals surface area contributed by atoms with Crippen LogP contribution in [0.15, 0.2) is 79.9 Å². The van der Waals surface area contributed by atoms with Crippen LogP contribution in [0.1, 0.15) is 44.3 Å². The fourth-order valence-electron chi connectivity index (χ4n) is 7.21. The molecule has 3 aliphatic heterocycles. The Hall–Kier alpha value is -3.99. The number of likely N-dealkylation sites (tertiary alicyclic amines) is 1. The molecule has 0 aromatic heterocycles. The van der Waals surface area contributed by atoms with Gasteiger partial charge in [-0.25, -0.2) is 0 Å². The number of halogens is 1. The van der Waals surface area contributed by atoms with E-state index in [0.29, 0.717) is 35.5 Å². The van der Waals surface area contributed by atoms with Crippen LogP contribution in [0, 0.1) is 11.8 Å². The molecule has 2 bridgehead atoms. The predicted octanol–water partition coefficient (Wildman–Crippen LogP) is 3.98. The van der Waals surface area contributed by atoms with Gasteiger partial charge in [0.05, 0.1) is 30.6 Å². The minimum absolute atomic E-state index is 0.105. The third kappa shape index (κ3) is 6.21. The van der Waals surface area contributed by atoms with E-state index < -0.39 is 59.5 Å². The second-order valence-electron chi connectivity index (χ2n) is 12.0. The van der Waals surface area contributed by atoms with Crippen molar-refractivity contribution in [1.82, 2.24) is 10.2 Å². The van der Waals surface area contributed by atoms with E-state index in [9.17, 15) is 24.3 Å². The number of aliphatic hydroxyl groups is 1. The number of aliphatic hydroxyl groups excluding tert-OH is 1. The fraction of sp³-hybridized carbons (Fsp3) is 0.429. The molecule has 46 heavy (non-hydrogen) atoms. The Bertz CT molecular complexity index is 1470. The monoisotopic (exact) mass is 649 g/mol. The fourth-order valence-corrected chi connectivity index (χ4v) is 7.34. The van der Waals surface area contributed by atoms with E-state index in [4.69, 9.17) is 21.1 Å². The molecule has 3 aliphatic rings. The van der Waals surface area contributed by atoms with Crippen molar-refractivity contribution < 1.29 is 33.8 Å². The van der Waals surface area contributed by atoms with E-state index in [1.165, 1.54) is 9.80 Å². The standard InChI is InChI=1S/C35H40ClN3O7/c1-4-6-12-27(41)37-22(3)30(23-10-8-7-9-11-23)45-34(44)28-26-17-18-35(46-26)29(28)32(42)39(20-21-40)31(35)33(43)38(19-5-2)25-15-13-24(36)14-16-25/h4-5,7-11,13-16,22,26,28-31,40H,1-2,6,12,17-21H2,3H3,(H,37,41)/t22-,26+,28-,29-,30-,31+,35-/m0/s1. The average Bonchev–Trinajstić information content (AvgIpc) is 3.69. The average molecular weight is 650 g/mol. The lowest BCUT2D eigenvalue weighted by Crippen LogP contribution is -2.56. The number of ether oxygens (including phenoxy) is 2. The highest BCUT2D eigenvalue weighted by molar-refractivity contribution is 6.30. The molecule has 2 N–H and O–H groups in total. The molecule has 11 heteroatoms. The molecule has 0 radical (unpaired) electrons. The smallest absolute Gasteiger partial charge is 0.313 e. The van der Waals surface area contributed by atoms with Crippen molar-refractivity contribution >= 4 is 41.0 Å². The number of nitrogens with one attached hydrogen (secondary N) is 1. The zero-order chi connectivity index (χ0) is 33.0. The van der Waals surface area contributed by atoms with Crippen LogP contribution in [-0.2, 0) is 28.7 Å². The Balaban J connectivity index is 1.45. The van der Waals surface area contributed by atoms with Crippen molar-refractivity contribution in [3.63, 3.8) is 0 Å². The summed E-state index contributed by atoms with van der Waals surface area (Å²) in [7, 11) is 0. The lowest BCUT2D eigenvalue weighted by atomic mass is 9.70. The van der Waals surface area contributed by atoms with Crippen LogP contribution in [0.2, 0.25) is 5.02 Å². The molecule has 3 amide bonds. The first-order valence-electron chi connectivity index (χ1n) is 15.6. The summed E-state index contributed by atoms with van der Waals surface area (Å²) >= 11 is 6.10. The summed E-state index contributed by atoms with van der Waals surface area (Å²) in [4.78, 5) is 58.1. The molecule has 0 aliphatic carbocycles. The van der Waals surface area contributed by atoms with Gasteiger partial charge in [0.1, 0.15) is 17.7 Å². The summed E-state index contributed by atoms with van der Waals surface area (Å²) in [6.07, 6.45) is 3.36. The van der Waals surface area contributed by atoms with E-state index in [1.54, 1.807) is 43.3 Å². The first-order valence-corrected chi connectivity index (χ1v) is 16.0. The summed E-state index contributed by atoms with van der Waals surface area (Å²) in [5.74, 6) is -3.64. The maximum atomic E-state index is 14.4. The quantitative estimate of drug-likeness (QED) is 0.234. The Morgan fingerprint density at radius 2 is 1.89 bits per heavy atom. The molecule has 3 fully saturated rings. The summed E-state index contributed by atoms with van der Waals surface area (Å²) in [5.41, 5.74) is -0.0400. The minimum atomic E-state index is -1.28. The number of carbonyl (C=O) groups is 4. The zero-order valence-corrected chi connectivity index (χ0v) is 26.6. The summed E-state index contributed by atoms with van der Waals surface area (Å²) in [6, 6.07) is 14.2. The number of fused-ring (bicyclic) bond motifs is 1. The SMILES string of the molecule is C=CCCC(=O)N[C@@H](C)[C@H](OC(=O)[C@@H]1[C@H]2C(=O)N(CCO)[C@H](C(=O)N(CC=C)c3ccc(Cl)cc3)[C@]23CC[C@H]1O3)c1ccccc1. The van der Waals surface area contributed by atoms with Crippen molar-refractivity contribution in [1.29, 1.82) is 0 Å². The third-order valence-electron chi connectivity index (χ3n) is 9.15. The van der Waals surface area contributed by atoms with E-state index in [0.717, 1.165) is 0 Å². The van der Waals surface area contributed by atoms with Crippen LogP contribution < -0.4 is 10.2 Å². The van der Waals surface area contributed by atoms with Crippen molar-refractivity contribution in [3.8, 4) is 0 Å². The zero-order valence-electron chi connectivity index (χ0n) is 25.8. The predicted molar refractivity (Wildman–Crippen MR) is 173 cm³/mol. The van der Waals surface area contributed by atoms with Gasteiger partial charge in [-0.1, -0.05) is 54.1 Å². The molecule has 3 heterocycles. The van der Waals surface area contributed by atoms with Crippen LogP contribution in [0.3, 0.4) is 0 Å². The van der Waals surface area contributed by atoms with E-state index in [2.05, 4.69) is 18.5 Å². The second kappa shape index (κ2) is 14.2. The lowest BCUT2D eigenvalue weighted by Gasteiger charge is -2.36. The van der Waals surface area contributed by atoms with Gasteiger partial charge in [-0.15, -0.1) is 13.2 Å². The van der Waals surface area contributed by atoms with Crippen molar-refractivity contribution in [2.45, 2.75) is 62.5 Å². The molecular formula is C35H40ClN3O7. The van der Waals surface area contributed by atoms with Crippen molar-refractivity contribution in [3.05, 3.63) is 90.5 Å². The second-order valence-corrected chi connectivity index (χ2v) is 12.4. The first-order chi connectivity index (χ1) is 22.2. The Morgan fingerprint density at radius 1 is 1.17 bits per heavy atom. The number of carbonyl (C=O) groups excluding carboxylic acids is 4. The lowest BCUT2D eigenvalue weighted by molar-refractivity contribution is -0.162. The highest BCUT2D eigenvalue weighted by Crippen LogP contribution is 2.59. The number of rotatable bonds is 14. The van der Waals surface area contributed by atoms with Gasteiger partial charge in [-0.05, 0) is 56.0 Å². The molecule has 244 valence electrons. The Morgan fingerprint density at radius 3 is 2.54 bits per heavy atom. The first kappa shape index (κ1) is 33.4. The number of allylic oxidation sites excluding steroid dienone is 1. The molecule has 0 unspecified atom stereocenters. The molecule has 2 aromatic rings. The van der Waals surface area contributed by atoms with E-state index >= 15 is 0 Å². The summed E-state index contributed by atoms with van der Waals surface area (Å²) < 4.78 is 12.7. The minimum Gasteiger partial charge on any atom is -0.455 e. The van der Waals surface area contributed by atoms with Crippen molar-refractivity contribution in [2.24, 2.45) is 11.8 Å². The van der Waals surface area contributed by atoms with Crippen LogP contribution in [0.4, 0.5) is 5.69 Å². The number of benzene rings is 2. The molecular weight excluding hydrogens is 610 g/mol. The largest absolute Gasteiger partial charge is 0.455 e. The molecule has 2 aromatic carbocycles. The van der Waals surface area contributed by atoms with Gasteiger partial charge in [-0.3, -0.25) is 19.2 Å². The van der Waals surface area contributed by atoms with Gasteiger partial charge in [0, 0.05) is 30.2 Å². The van der Waals surface area contributed by atoms with Crippen LogP contribution in [0.5, 0.6) is 0 Å². The van der Waals surface area contributed by atoms with Crippen LogP contribution in [0.25, 0.3) is 0 Å². The topological polar surface area (TPSA) is 125 Å². The number of esters is 1. The van der Waals surface area contributed by atoms with E-state index in [1.807, 2.05) is 30.3 Å². The molecule has 0 saturated carbocycles.